The number of hydrogen-bond acceptors (Lipinski definition) is 7. The molecular weight excluding hydrogens is 430 g/mol. The zero-order valence-electron chi connectivity index (χ0n) is 17.6. The molecule has 9 heteroatoms. The van der Waals surface area contributed by atoms with Gasteiger partial charge in [-0.3, -0.25) is 14.4 Å². The number of rotatable bonds is 5. The highest BCUT2D eigenvalue weighted by Gasteiger charge is 2.29. The third kappa shape index (κ3) is 4.21. The van der Waals surface area contributed by atoms with Crippen molar-refractivity contribution in [2.24, 2.45) is 5.92 Å². The molecule has 0 aromatic heterocycles. The van der Waals surface area contributed by atoms with Gasteiger partial charge in [0.2, 0.25) is 12.6 Å². The highest BCUT2D eigenvalue weighted by atomic mass is 16.7. The minimum absolute atomic E-state index is 0.169. The number of carbonyl (C=O) groups excluding carboxylic acids is 2. The Morgan fingerprint density at radius 1 is 1.06 bits per heavy atom. The third-order valence-electron chi connectivity index (χ3n) is 5.90. The summed E-state index contributed by atoms with van der Waals surface area (Å²) in [6.45, 7) is 0.788. The van der Waals surface area contributed by atoms with E-state index in [1.165, 1.54) is 0 Å². The number of Topliss-reactive ketones (excluding diaryl/α,β-unsaturated/α-hetero) is 1. The first-order valence-corrected chi connectivity index (χ1v) is 10.6. The lowest BCUT2D eigenvalue weighted by atomic mass is 9.97. The molecule has 1 fully saturated rings. The van der Waals surface area contributed by atoms with E-state index in [4.69, 9.17) is 24.1 Å². The van der Waals surface area contributed by atoms with Crippen molar-refractivity contribution < 1.29 is 38.4 Å². The molecule has 0 atom stereocenters. The van der Waals surface area contributed by atoms with Crippen LogP contribution in [0.5, 0.6) is 23.0 Å². The smallest absolute Gasteiger partial charge is 0.306 e. The van der Waals surface area contributed by atoms with Gasteiger partial charge in [0.05, 0.1) is 11.5 Å². The van der Waals surface area contributed by atoms with Crippen LogP contribution in [-0.4, -0.2) is 54.2 Å². The van der Waals surface area contributed by atoms with Gasteiger partial charge in [-0.05, 0) is 48.7 Å². The maximum absolute atomic E-state index is 12.7. The number of nitrogens with zero attached hydrogens (tertiary/aromatic N) is 1. The van der Waals surface area contributed by atoms with Crippen LogP contribution in [-0.2, 0) is 9.59 Å². The molecule has 2 aromatic carbocycles. The van der Waals surface area contributed by atoms with E-state index in [1.807, 2.05) is 0 Å². The van der Waals surface area contributed by atoms with Crippen LogP contribution in [0.1, 0.15) is 28.8 Å². The molecule has 1 saturated heterocycles. The molecule has 1 N–H and O–H groups in total. The van der Waals surface area contributed by atoms with Gasteiger partial charge in [0.25, 0.3) is 5.91 Å². The molecule has 0 unspecified atom stereocenters. The summed E-state index contributed by atoms with van der Waals surface area (Å²) in [5, 5.41) is 9.07. The number of carbonyl (C=O) groups is 3. The van der Waals surface area contributed by atoms with E-state index in [2.05, 4.69) is 0 Å². The van der Waals surface area contributed by atoms with Gasteiger partial charge in [0.15, 0.2) is 23.9 Å². The van der Waals surface area contributed by atoms with Gasteiger partial charge in [-0.1, -0.05) is 6.07 Å². The number of ether oxygens (including phenoxy) is 4. The Morgan fingerprint density at radius 3 is 2.64 bits per heavy atom. The predicted molar refractivity (Wildman–Crippen MR) is 114 cm³/mol. The van der Waals surface area contributed by atoms with Gasteiger partial charge in [0.1, 0.15) is 11.5 Å². The fourth-order valence-electron chi connectivity index (χ4n) is 4.02. The third-order valence-corrected chi connectivity index (χ3v) is 5.90. The summed E-state index contributed by atoms with van der Waals surface area (Å²) >= 11 is 0. The Balaban J connectivity index is 1.21. The fourth-order valence-corrected chi connectivity index (χ4v) is 4.02. The fraction of sp³-hybridized carbons (Fsp3) is 0.292. The summed E-state index contributed by atoms with van der Waals surface area (Å²) in [7, 11) is 0. The monoisotopic (exact) mass is 451 g/mol. The summed E-state index contributed by atoms with van der Waals surface area (Å²) in [5.41, 5.74) is 1.15. The molecule has 3 heterocycles. The normalized spacial score (nSPS) is 18.2. The van der Waals surface area contributed by atoms with Crippen molar-refractivity contribution in [3.8, 4) is 23.0 Å². The van der Waals surface area contributed by atoms with Crippen molar-refractivity contribution in [3.05, 3.63) is 53.3 Å². The lowest BCUT2D eigenvalue weighted by molar-refractivity contribution is -0.146. The molecule has 1 amide bonds. The van der Waals surface area contributed by atoms with Crippen LogP contribution in [0, 0.1) is 5.92 Å². The standard InChI is InChI=1S/C24H21NO8/c26-22(25-7-5-15(6-8-25)24(28)29)12-30-16-2-3-17-19(11-16)33-21(23(17)27)10-14-1-4-18-20(9-14)32-13-31-18/h1-4,9-11,15H,5-8,12-13H2,(H,28,29). The first kappa shape index (κ1) is 20.9. The average Bonchev–Trinajstić information content (AvgIpc) is 3.41. The zero-order valence-corrected chi connectivity index (χ0v) is 17.6. The number of carboxylic acid groups (broad SMARTS) is 1. The maximum Gasteiger partial charge on any atom is 0.306 e. The number of allylic oxidation sites excluding steroid dienone is 1. The van der Waals surface area contributed by atoms with Crippen molar-refractivity contribution in [1.29, 1.82) is 0 Å². The summed E-state index contributed by atoms with van der Waals surface area (Å²) in [6, 6.07) is 10.2. The molecular formula is C24H21NO8. The molecule has 33 heavy (non-hydrogen) atoms. The van der Waals surface area contributed by atoms with Gasteiger partial charge < -0.3 is 29.0 Å². The largest absolute Gasteiger partial charge is 0.484 e. The Morgan fingerprint density at radius 2 is 1.85 bits per heavy atom. The van der Waals surface area contributed by atoms with Gasteiger partial charge in [-0.2, -0.15) is 0 Å². The van der Waals surface area contributed by atoms with Gasteiger partial charge >= 0.3 is 5.97 Å². The van der Waals surface area contributed by atoms with Crippen molar-refractivity contribution in [1.82, 2.24) is 4.90 Å². The maximum atomic E-state index is 12.7. The van der Waals surface area contributed by atoms with E-state index < -0.39 is 11.9 Å². The first-order valence-electron chi connectivity index (χ1n) is 10.6. The van der Waals surface area contributed by atoms with Crippen molar-refractivity contribution in [3.63, 3.8) is 0 Å². The highest BCUT2D eigenvalue weighted by molar-refractivity contribution is 6.14. The minimum Gasteiger partial charge on any atom is -0.484 e. The van der Waals surface area contributed by atoms with Crippen LogP contribution in [0.25, 0.3) is 6.08 Å². The summed E-state index contributed by atoms with van der Waals surface area (Å²) in [4.78, 5) is 37.8. The number of carboxylic acids is 1. The van der Waals surface area contributed by atoms with E-state index in [9.17, 15) is 14.4 Å². The quantitative estimate of drug-likeness (QED) is 0.691. The number of benzene rings is 2. The van der Waals surface area contributed by atoms with Crippen LogP contribution in [0.4, 0.5) is 0 Å². The summed E-state index contributed by atoms with van der Waals surface area (Å²) in [5.74, 6) is 0.532. The van der Waals surface area contributed by atoms with Crippen LogP contribution in [0.15, 0.2) is 42.2 Å². The van der Waals surface area contributed by atoms with E-state index in [0.29, 0.717) is 54.5 Å². The topological polar surface area (TPSA) is 112 Å². The van der Waals surface area contributed by atoms with E-state index in [0.717, 1.165) is 5.56 Å². The lowest BCUT2D eigenvalue weighted by Gasteiger charge is -2.30. The summed E-state index contributed by atoms with van der Waals surface area (Å²) in [6.07, 6.45) is 2.51. The van der Waals surface area contributed by atoms with Crippen LogP contribution in [0.3, 0.4) is 0 Å². The number of aliphatic carboxylic acids is 1. The molecule has 170 valence electrons. The predicted octanol–water partition coefficient (Wildman–Crippen LogP) is 2.73. The van der Waals surface area contributed by atoms with Crippen LogP contribution >= 0.6 is 0 Å². The van der Waals surface area contributed by atoms with Crippen LogP contribution in [0.2, 0.25) is 0 Å². The molecule has 3 aliphatic rings. The Labute approximate surface area is 189 Å². The SMILES string of the molecule is O=C1C(=Cc2ccc3c(c2)OCO3)Oc2cc(OCC(=O)N3CCC(C(=O)O)CC3)ccc21. The van der Waals surface area contributed by atoms with Gasteiger partial charge in [-0.15, -0.1) is 0 Å². The van der Waals surface area contributed by atoms with E-state index in [-0.39, 0.29) is 30.8 Å². The number of amides is 1. The summed E-state index contributed by atoms with van der Waals surface area (Å²) < 4.78 is 22.0. The van der Waals surface area contributed by atoms with Gasteiger partial charge in [0, 0.05) is 19.2 Å². The van der Waals surface area contributed by atoms with E-state index in [1.54, 1.807) is 47.4 Å². The second-order valence-corrected chi connectivity index (χ2v) is 7.99. The molecule has 0 radical (unpaired) electrons. The number of fused-ring (bicyclic) bond motifs is 2. The number of piperidine rings is 1. The minimum atomic E-state index is -0.821. The zero-order chi connectivity index (χ0) is 22.9. The number of ketones is 1. The molecule has 3 aliphatic heterocycles. The molecule has 0 spiro atoms. The molecule has 0 bridgehead atoms. The van der Waals surface area contributed by atoms with E-state index >= 15 is 0 Å². The number of likely N-dealkylation sites (tertiary alicyclic amines) is 1. The lowest BCUT2D eigenvalue weighted by Crippen LogP contribution is -2.42. The average molecular weight is 451 g/mol. The molecule has 5 rings (SSSR count). The molecule has 0 aliphatic carbocycles. The first-order chi connectivity index (χ1) is 16.0. The van der Waals surface area contributed by atoms with Gasteiger partial charge in [-0.25, -0.2) is 0 Å². The van der Waals surface area contributed by atoms with Crippen molar-refractivity contribution >= 4 is 23.7 Å². The van der Waals surface area contributed by atoms with Crippen molar-refractivity contribution in [2.75, 3.05) is 26.5 Å². The Hall–Kier alpha value is -4.01. The molecule has 0 saturated carbocycles. The molecule has 9 nitrogen and oxygen atoms in total. The number of hydrogen-bond donors (Lipinski definition) is 1. The van der Waals surface area contributed by atoms with Crippen molar-refractivity contribution in [2.45, 2.75) is 12.8 Å². The Kier molecular flexibility index (Phi) is 5.37. The molecule has 2 aromatic rings. The highest BCUT2D eigenvalue weighted by Crippen LogP contribution is 2.37. The Bertz CT molecular complexity index is 1160. The van der Waals surface area contributed by atoms with Crippen LogP contribution < -0.4 is 18.9 Å². The second-order valence-electron chi connectivity index (χ2n) is 7.99. The second kappa shape index (κ2) is 8.50.